The van der Waals surface area contributed by atoms with E-state index < -0.39 is 28.3 Å². The van der Waals surface area contributed by atoms with Gasteiger partial charge in [0.15, 0.2) is 0 Å². The van der Waals surface area contributed by atoms with Crippen LogP contribution in [0.2, 0.25) is 0 Å². The summed E-state index contributed by atoms with van der Waals surface area (Å²) in [5, 5.41) is 13.9. The molecule has 1 N–H and O–H groups in total. The minimum absolute atomic E-state index is 0.0238. The summed E-state index contributed by atoms with van der Waals surface area (Å²) in [6.45, 7) is 2.39. The maximum atomic E-state index is 12.6. The van der Waals surface area contributed by atoms with E-state index in [0.29, 0.717) is 18.0 Å². The minimum atomic E-state index is -0.765. The van der Waals surface area contributed by atoms with E-state index in [4.69, 9.17) is 4.74 Å². The van der Waals surface area contributed by atoms with Crippen LogP contribution in [0.4, 0.5) is 11.4 Å². The molecule has 1 aliphatic rings. The van der Waals surface area contributed by atoms with Gasteiger partial charge in [0.1, 0.15) is 11.3 Å². The van der Waals surface area contributed by atoms with Gasteiger partial charge in [-0.25, -0.2) is 0 Å². The molecule has 0 spiro atoms. The molecule has 0 saturated heterocycles. The summed E-state index contributed by atoms with van der Waals surface area (Å²) in [5.41, 5.74) is -0.181. The summed E-state index contributed by atoms with van der Waals surface area (Å²) in [4.78, 5) is 48.8. The number of ether oxygens (including phenoxy) is 1. The molecule has 0 unspecified atom stereocenters. The molecule has 0 aromatic heterocycles. The molecular formula is C21H21N3O6. The highest BCUT2D eigenvalue weighted by molar-refractivity contribution is 6.23. The number of nitro benzene ring substituents is 1. The van der Waals surface area contributed by atoms with E-state index in [-0.39, 0.29) is 24.1 Å². The third-order valence-corrected chi connectivity index (χ3v) is 4.65. The highest BCUT2D eigenvalue weighted by atomic mass is 16.6. The van der Waals surface area contributed by atoms with Crippen molar-refractivity contribution in [3.05, 3.63) is 63.7 Å². The van der Waals surface area contributed by atoms with Crippen molar-refractivity contribution in [2.24, 2.45) is 0 Å². The Bertz CT molecular complexity index is 1000. The number of benzene rings is 2. The number of nitrogens with zero attached hydrogens (tertiary/aromatic N) is 2. The van der Waals surface area contributed by atoms with Crippen LogP contribution in [0.15, 0.2) is 42.5 Å². The standard InChI is InChI=1S/C21H21N3O6/c1-2-3-13-30-17-10-5-4-8-15(17)22-18(25)11-12-23-20(26)14-7-6-9-16(24(28)29)19(14)21(23)27/h4-10H,2-3,11-13H2,1H3,(H,22,25). The van der Waals surface area contributed by atoms with Gasteiger partial charge in [-0.2, -0.15) is 0 Å². The molecule has 1 heterocycles. The predicted octanol–water partition coefficient (Wildman–Crippen LogP) is 3.40. The molecule has 0 radical (unpaired) electrons. The number of carbonyl (C=O) groups excluding carboxylic acids is 3. The lowest BCUT2D eigenvalue weighted by Crippen LogP contribution is -2.33. The number of imide groups is 1. The van der Waals surface area contributed by atoms with Gasteiger partial charge in [0.05, 0.1) is 22.8 Å². The van der Waals surface area contributed by atoms with Crippen molar-refractivity contribution >= 4 is 29.1 Å². The van der Waals surface area contributed by atoms with Crippen LogP contribution >= 0.6 is 0 Å². The van der Waals surface area contributed by atoms with E-state index in [1.807, 2.05) is 6.92 Å². The van der Waals surface area contributed by atoms with Gasteiger partial charge in [0.25, 0.3) is 17.5 Å². The van der Waals surface area contributed by atoms with E-state index in [0.717, 1.165) is 17.7 Å². The average Bonchev–Trinajstić information content (AvgIpc) is 2.98. The Kier molecular flexibility index (Phi) is 6.41. The first-order valence-corrected chi connectivity index (χ1v) is 9.59. The number of carbonyl (C=O) groups is 3. The lowest BCUT2D eigenvalue weighted by Gasteiger charge is -2.15. The van der Waals surface area contributed by atoms with Crippen molar-refractivity contribution in [1.82, 2.24) is 4.90 Å². The third-order valence-electron chi connectivity index (χ3n) is 4.65. The summed E-state index contributed by atoms with van der Waals surface area (Å²) in [6, 6.07) is 10.9. The molecule has 3 amide bonds. The van der Waals surface area contributed by atoms with Crippen molar-refractivity contribution in [2.75, 3.05) is 18.5 Å². The van der Waals surface area contributed by atoms with Gasteiger partial charge in [-0.1, -0.05) is 31.5 Å². The van der Waals surface area contributed by atoms with E-state index in [1.54, 1.807) is 24.3 Å². The maximum absolute atomic E-state index is 12.6. The van der Waals surface area contributed by atoms with Gasteiger partial charge in [-0.15, -0.1) is 0 Å². The van der Waals surface area contributed by atoms with Crippen molar-refractivity contribution < 1.29 is 24.0 Å². The summed E-state index contributed by atoms with van der Waals surface area (Å²) >= 11 is 0. The molecule has 1 aliphatic heterocycles. The number of para-hydroxylation sites is 2. The molecule has 0 atom stereocenters. The molecule has 3 rings (SSSR count). The molecule has 0 fully saturated rings. The molecule has 30 heavy (non-hydrogen) atoms. The largest absolute Gasteiger partial charge is 0.491 e. The zero-order chi connectivity index (χ0) is 21.7. The monoisotopic (exact) mass is 411 g/mol. The fourth-order valence-electron chi connectivity index (χ4n) is 3.12. The van der Waals surface area contributed by atoms with Crippen LogP contribution in [0.5, 0.6) is 5.75 Å². The number of anilines is 1. The normalized spacial score (nSPS) is 12.6. The van der Waals surface area contributed by atoms with Gasteiger partial charge in [-0.05, 0) is 24.6 Å². The van der Waals surface area contributed by atoms with Crippen molar-refractivity contribution in [3.8, 4) is 5.75 Å². The van der Waals surface area contributed by atoms with E-state index in [1.165, 1.54) is 18.2 Å². The van der Waals surface area contributed by atoms with Crippen LogP contribution in [-0.2, 0) is 4.79 Å². The fourth-order valence-corrected chi connectivity index (χ4v) is 3.12. The average molecular weight is 411 g/mol. The molecule has 0 saturated carbocycles. The Morgan fingerprint density at radius 1 is 1.13 bits per heavy atom. The van der Waals surface area contributed by atoms with Crippen LogP contribution in [0.25, 0.3) is 0 Å². The van der Waals surface area contributed by atoms with Gasteiger partial charge in [0, 0.05) is 19.0 Å². The van der Waals surface area contributed by atoms with Gasteiger partial charge >= 0.3 is 0 Å². The minimum Gasteiger partial charge on any atom is -0.491 e. The number of fused-ring (bicyclic) bond motifs is 1. The smallest absolute Gasteiger partial charge is 0.282 e. The number of unbranched alkanes of at least 4 members (excludes halogenated alkanes) is 1. The van der Waals surface area contributed by atoms with Crippen molar-refractivity contribution in [3.63, 3.8) is 0 Å². The van der Waals surface area contributed by atoms with Crippen LogP contribution in [0, 0.1) is 10.1 Å². The zero-order valence-electron chi connectivity index (χ0n) is 16.4. The zero-order valence-corrected chi connectivity index (χ0v) is 16.4. The number of amides is 3. The Morgan fingerprint density at radius 2 is 1.90 bits per heavy atom. The summed E-state index contributed by atoms with van der Waals surface area (Å²) in [7, 11) is 0. The van der Waals surface area contributed by atoms with Crippen molar-refractivity contribution in [2.45, 2.75) is 26.2 Å². The first-order valence-electron chi connectivity index (χ1n) is 9.59. The highest BCUT2D eigenvalue weighted by Crippen LogP contribution is 2.31. The molecule has 2 aromatic carbocycles. The number of nitro groups is 1. The first kappa shape index (κ1) is 21.0. The maximum Gasteiger partial charge on any atom is 0.282 e. The molecular weight excluding hydrogens is 390 g/mol. The van der Waals surface area contributed by atoms with Gasteiger partial charge < -0.3 is 10.1 Å². The molecule has 0 aliphatic carbocycles. The predicted molar refractivity (Wildman–Crippen MR) is 109 cm³/mol. The summed E-state index contributed by atoms with van der Waals surface area (Å²) < 4.78 is 5.67. The number of rotatable bonds is 9. The first-order chi connectivity index (χ1) is 14.4. The van der Waals surface area contributed by atoms with E-state index in [9.17, 15) is 24.5 Å². The SMILES string of the molecule is CCCCOc1ccccc1NC(=O)CCN1C(=O)c2cccc([N+](=O)[O-])c2C1=O. The van der Waals surface area contributed by atoms with Crippen LogP contribution in [0.3, 0.4) is 0 Å². The quantitative estimate of drug-likeness (QED) is 0.292. The van der Waals surface area contributed by atoms with E-state index in [2.05, 4.69) is 5.32 Å². The van der Waals surface area contributed by atoms with Gasteiger partial charge in [-0.3, -0.25) is 29.4 Å². The molecule has 0 bridgehead atoms. The second-order valence-corrected chi connectivity index (χ2v) is 6.72. The number of hydrogen-bond acceptors (Lipinski definition) is 6. The van der Waals surface area contributed by atoms with Crippen LogP contribution < -0.4 is 10.1 Å². The molecule has 9 nitrogen and oxygen atoms in total. The topological polar surface area (TPSA) is 119 Å². The summed E-state index contributed by atoms with van der Waals surface area (Å²) in [5.74, 6) is -1.28. The molecule has 156 valence electrons. The van der Waals surface area contributed by atoms with Crippen LogP contribution in [-0.4, -0.2) is 40.7 Å². The number of hydrogen-bond donors (Lipinski definition) is 1. The Morgan fingerprint density at radius 3 is 2.63 bits per heavy atom. The van der Waals surface area contributed by atoms with Crippen LogP contribution in [0.1, 0.15) is 46.9 Å². The summed E-state index contributed by atoms with van der Waals surface area (Å²) in [6.07, 6.45) is 1.71. The highest BCUT2D eigenvalue weighted by Gasteiger charge is 2.40. The molecule has 2 aromatic rings. The lowest BCUT2D eigenvalue weighted by molar-refractivity contribution is -0.385. The Balaban J connectivity index is 1.65. The lowest BCUT2D eigenvalue weighted by atomic mass is 10.1. The second-order valence-electron chi connectivity index (χ2n) is 6.72. The van der Waals surface area contributed by atoms with Crippen molar-refractivity contribution in [1.29, 1.82) is 0 Å². The Hall–Kier alpha value is -3.75. The van der Waals surface area contributed by atoms with E-state index >= 15 is 0 Å². The molecule has 9 heteroatoms. The Labute approximate surface area is 172 Å². The van der Waals surface area contributed by atoms with Gasteiger partial charge in [0.2, 0.25) is 5.91 Å². The number of nitrogens with one attached hydrogen (secondary N) is 1. The fraction of sp³-hybridized carbons (Fsp3) is 0.286. The third kappa shape index (κ3) is 4.29. The second kappa shape index (κ2) is 9.17.